The molecule has 2 amide bonds. The van der Waals surface area contributed by atoms with Crippen LogP contribution in [0.25, 0.3) is 0 Å². The summed E-state index contributed by atoms with van der Waals surface area (Å²) >= 11 is 0. The van der Waals surface area contributed by atoms with Gasteiger partial charge in [0.1, 0.15) is 11.5 Å². The molecule has 1 aliphatic heterocycles. The minimum Gasteiger partial charge on any atom is -0.469 e. The SMILES string of the molecule is COC(=O)C(C)CN(Cc1ccccc1)C(=O)C1=NN(Cc2ccc(F)cc2)C(=O)CC1. The van der Waals surface area contributed by atoms with Crippen LogP contribution in [0.4, 0.5) is 4.39 Å². The number of amides is 2. The average Bonchev–Trinajstić information content (AvgIpc) is 2.81. The van der Waals surface area contributed by atoms with E-state index in [9.17, 15) is 18.8 Å². The van der Waals surface area contributed by atoms with E-state index < -0.39 is 11.9 Å². The van der Waals surface area contributed by atoms with Crippen LogP contribution in [0.15, 0.2) is 59.7 Å². The Morgan fingerprint density at radius 2 is 1.78 bits per heavy atom. The van der Waals surface area contributed by atoms with Gasteiger partial charge in [0, 0.05) is 25.9 Å². The lowest BCUT2D eigenvalue weighted by Crippen LogP contribution is -2.43. The van der Waals surface area contributed by atoms with Crippen molar-refractivity contribution in [3.05, 3.63) is 71.5 Å². The molecule has 0 fully saturated rings. The van der Waals surface area contributed by atoms with E-state index in [0.717, 1.165) is 5.56 Å². The summed E-state index contributed by atoms with van der Waals surface area (Å²) in [5, 5.41) is 5.56. The lowest BCUT2D eigenvalue weighted by atomic mass is 10.1. The Hall–Kier alpha value is -3.55. The highest BCUT2D eigenvalue weighted by molar-refractivity contribution is 6.39. The van der Waals surface area contributed by atoms with Crippen molar-refractivity contribution in [3.63, 3.8) is 0 Å². The van der Waals surface area contributed by atoms with Crippen LogP contribution in [0.1, 0.15) is 30.9 Å². The molecule has 0 aromatic heterocycles. The molecule has 32 heavy (non-hydrogen) atoms. The van der Waals surface area contributed by atoms with Crippen LogP contribution in [0.2, 0.25) is 0 Å². The lowest BCUT2D eigenvalue weighted by molar-refractivity contribution is -0.146. The third-order valence-corrected chi connectivity index (χ3v) is 5.20. The van der Waals surface area contributed by atoms with Gasteiger partial charge in [0.2, 0.25) is 5.91 Å². The van der Waals surface area contributed by atoms with Crippen LogP contribution >= 0.6 is 0 Å². The first kappa shape index (κ1) is 23.1. The molecular formula is C24H26FN3O4. The Kier molecular flexibility index (Phi) is 7.70. The van der Waals surface area contributed by atoms with Crippen LogP contribution in [0.3, 0.4) is 0 Å². The molecule has 2 aromatic carbocycles. The van der Waals surface area contributed by atoms with Crippen LogP contribution in [-0.2, 0) is 32.2 Å². The summed E-state index contributed by atoms with van der Waals surface area (Å²) in [7, 11) is 1.31. The number of ether oxygens (including phenoxy) is 1. The van der Waals surface area contributed by atoms with E-state index >= 15 is 0 Å². The molecule has 0 radical (unpaired) electrons. The summed E-state index contributed by atoms with van der Waals surface area (Å²) in [6.45, 7) is 2.30. The van der Waals surface area contributed by atoms with Crippen LogP contribution in [-0.4, -0.2) is 47.1 Å². The van der Waals surface area contributed by atoms with E-state index in [1.165, 1.54) is 24.3 Å². The summed E-state index contributed by atoms with van der Waals surface area (Å²) in [6.07, 6.45) is 0.368. The van der Waals surface area contributed by atoms with Crippen molar-refractivity contribution in [3.8, 4) is 0 Å². The molecule has 0 bridgehead atoms. The smallest absolute Gasteiger partial charge is 0.310 e. The van der Waals surface area contributed by atoms with Crippen molar-refractivity contribution in [1.82, 2.24) is 9.91 Å². The topological polar surface area (TPSA) is 79.3 Å². The first-order valence-corrected chi connectivity index (χ1v) is 10.4. The van der Waals surface area contributed by atoms with Gasteiger partial charge in [-0.1, -0.05) is 49.4 Å². The standard InChI is InChI=1S/C24H26FN3O4/c1-17(24(31)32-2)14-27(15-18-6-4-3-5-7-18)23(30)21-12-13-22(29)28(26-21)16-19-8-10-20(25)11-9-19/h3-11,17H,12-16H2,1-2H3. The van der Waals surface area contributed by atoms with Crippen LogP contribution in [0, 0.1) is 11.7 Å². The molecule has 0 N–H and O–H groups in total. The van der Waals surface area contributed by atoms with Gasteiger partial charge in [-0.2, -0.15) is 5.10 Å². The van der Waals surface area contributed by atoms with Gasteiger partial charge in [0.25, 0.3) is 5.91 Å². The second-order valence-corrected chi connectivity index (χ2v) is 7.72. The number of nitrogens with zero attached hydrogens (tertiary/aromatic N) is 3. The molecule has 0 saturated carbocycles. The molecule has 1 unspecified atom stereocenters. The monoisotopic (exact) mass is 439 g/mol. The first-order valence-electron chi connectivity index (χ1n) is 10.4. The molecular weight excluding hydrogens is 413 g/mol. The zero-order chi connectivity index (χ0) is 23.1. The van der Waals surface area contributed by atoms with E-state index in [0.29, 0.717) is 12.1 Å². The molecule has 3 rings (SSSR count). The number of esters is 1. The van der Waals surface area contributed by atoms with E-state index in [1.807, 2.05) is 30.3 Å². The van der Waals surface area contributed by atoms with E-state index in [-0.39, 0.29) is 49.3 Å². The van der Waals surface area contributed by atoms with Crippen molar-refractivity contribution in [2.24, 2.45) is 11.0 Å². The van der Waals surface area contributed by atoms with E-state index in [4.69, 9.17) is 4.74 Å². The van der Waals surface area contributed by atoms with Crippen molar-refractivity contribution in [1.29, 1.82) is 0 Å². The second-order valence-electron chi connectivity index (χ2n) is 7.72. The van der Waals surface area contributed by atoms with Gasteiger partial charge < -0.3 is 9.64 Å². The third-order valence-electron chi connectivity index (χ3n) is 5.20. The number of rotatable bonds is 8. The molecule has 0 saturated heterocycles. The van der Waals surface area contributed by atoms with Crippen LogP contribution < -0.4 is 0 Å². The number of methoxy groups -OCH3 is 1. The predicted molar refractivity (Wildman–Crippen MR) is 117 cm³/mol. The summed E-state index contributed by atoms with van der Waals surface area (Å²) in [4.78, 5) is 39.2. The van der Waals surface area contributed by atoms with Gasteiger partial charge in [-0.15, -0.1) is 0 Å². The first-order chi connectivity index (χ1) is 15.4. The molecule has 2 aromatic rings. The van der Waals surface area contributed by atoms with Crippen molar-refractivity contribution in [2.75, 3.05) is 13.7 Å². The summed E-state index contributed by atoms with van der Waals surface area (Å²) in [6, 6.07) is 15.2. The van der Waals surface area contributed by atoms with Gasteiger partial charge in [-0.05, 0) is 23.3 Å². The highest BCUT2D eigenvalue weighted by Crippen LogP contribution is 2.17. The molecule has 0 aliphatic carbocycles. The number of halogens is 1. The van der Waals surface area contributed by atoms with E-state index in [1.54, 1.807) is 24.0 Å². The number of hydrogen-bond acceptors (Lipinski definition) is 5. The molecule has 7 nitrogen and oxygen atoms in total. The summed E-state index contributed by atoms with van der Waals surface area (Å²) < 4.78 is 18.0. The largest absolute Gasteiger partial charge is 0.469 e. The molecule has 1 heterocycles. The third kappa shape index (κ3) is 6.00. The Morgan fingerprint density at radius 3 is 2.44 bits per heavy atom. The lowest BCUT2D eigenvalue weighted by Gasteiger charge is -2.29. The summed E-state index contributed by atoms with van der Waals surface area (Å²) in [5.74, 6) is -1.83. The Labute approximate surface area is 186 Å². The van der Waals surface area contributed by atoms with E-state index in [2.05, 4.69) is 5.10 Å². The fraction of sp³-hybridized carbons (Fsp3) is 0.333. The molecule has 8 heteroatoms. The highest BCUT2D eigenvalue weighted by Gasteiger charge is 2.29. The molecule has 168 valence electrons. The molecule has 1 atom stereocenters. The minimum absolute atomic E-state index is 0.146. The van der Waals surface area contributed by atoms with Crippen molar-refractivity contribution in [2.45, 2.75) is 32.9 Å². The van der Waals surface area contributed by atoms with Gasteiger partial charge in [-0.25, -0.2) is 9.40 Å². The fourth-order valence-electron chi connectivity index (χ4n) is 3.45. The number of carbonyl (C=O) groups excluding carboxylic acids is 3. The van der Waals surface area contributed by atoms with Crippen molar-refractivity contribution < 1.29 is 23.5 Å². The maximum atomic E-state index is 13.4. The minimum atomic E-state index is -0.520. The Morgan fingerprint density at radius 1 is 1.09 bits per heavy atom. The summed E-state index contributed by atoms with van der Waals surface area (Å²) in [5.41, 5.74) is 1.87. The number of carbonyl (C=O) groups is 3. The second kappa shape index (κ2) is 10.7. The maximum Gasteiger partial charge on any atom is 0.310 e. The number of hydrazone groups is 1. The maximum absolute atomic E-state index is 13.4. The normalized spacial score (nSPS) is 14.5. The number of benzene rings is 2. The van der Waals surface area contributed by atoms with Gasteiger partial charge >= 0.3 is 5.97 Å². The van der Waals surface area contributed by atoms with Crippen molar-refractivity contribution >= 4 is 23.5 Å². The Balaban J connectivity index is 1.81. The highest BCUT2D eigenvalue weighted by atomic mass is 19.1. The quantitative estimate of drug-likeness (QED) is 0.592. The van der Waals surface area contributed by atoms with Gasteiger partial charge in [0.05, 0.1) is 19.6 Å². The number of hydrogen-bond donors (Lipinski definition) is 0. The molecule has 0 spiro atoms. The van der Waals surface area contributed by atoms with Crippen LogP contribution in [0.5, 0.6) is 0 Å². The van der Waals surface area contributed by atoms with Gasteiger partial charge in [0.15, 0.2) is 0 Å². The Bertz CT molecular complexity index is 992. The zero-order valence-electron chi connectivity index (χ0n) is 18.2. The predicted octanol–water partition coefficient (Wildman–Crippen LogP) is 3.14. The molecule has 1 aliphatic rings. The average molecular weight is 439 g/mol. The fourth-order valence-corrected chi connectivity index (χ4v) is 3.45. The van der Waals surface area contributed by atoms with Gasteiger partial charge in [-0.3, -0.25) is 14.4 Å². The zero-order valence-corrected chi connectivity index (χ0v) is 18.2.